The van der Waals surface area contributed by atoms with E-state index in [1.807, 2.05) is 0 Å². The van der Waals surface area contributed by atoms with Crippen LogP contribution in [0.1, 0.15) is 86.8 Å². The van der Waals surface area contributed by atoms with Gasteiger partial charge in [-0.3, -0.25) is 0 Å². The van der Waals surface area contributed by atoms with Gasteiger partial charge in [-0.2, -0.15) is 0 Å². The van der Waals surface area contributed by atoms with Crippen molar-refractivity contribution < 1.29 is 0 Å². The molecule has 3 rings (SSSR count). The van der Waals surface area contributed by atoms with Crippen molar-refractivity contribution in [1.82, 2.24) is 0 Å². The second-order valence-electron chi connectivity index (χ2n) is 8.82. The fourth-order valence-corrected chi connectivity index (χ4v) is 4.29. The predicted molar refractivity (Wildman–Crippen MR) is 110 cm³/mol. The number of fused-ring (bicyclic) bond motifs is 1. The van der Waals surface area contributed by atoms with Gasteiger partial charge in [0.15, 0.2) is 0 Å². The highest BCUT2D eigenvalue weighted by Gasteiger charge is 2.31. The lowest BCUT2D eigenvalue weighted by molar-refractivity contribution is 0.402. The van der Waals surface area contributed by atoms with Crippen molar-refractivity contribution in [2.24, 2.45) is 0 Å². The Kier molecular flexibility index (Phi) is 4.66. The second-order valence-corrected chi connectivity index (χ2v) is 8.82. The molecule has 1 unspecified atom stereocenters. The lowest BCUT2D eigenvalue weighted by atomic mass is 9.68. The van der Waals surface area contributed by atoms with Crippen molar-refractivity contribution in [3.05, 3.63) is 75.4 Å². The van der Waals surface area contributed by atoms with E-state index in [9.17, 15) is 0 Å². The average molecular weight is 333 g/mol. The molecule has 0 aromatic heterocycles. The molecule has 0 saturated carbocycles. The zero-order chi connectivity index (χ0) is 18.4. The van der Waals surface area contributed by atoms with Gasteiger partial charge in [-0.15, -0.1) is 0 Å². The first-order chi connectivity index (χ1) is 11.7. The van der Waals surface area contributed by atoms with E-state index in [-0.39, 0.29) is 5.41 Å². The third-order valence-electron chi connectivity index (χ3n) is 5.97. The molecular formula is C25H32. The predicted octanol–water partition coefficient (Wildman–Crippen LogP) is 7.32. The molecule has 0 aliphatic heterocycles. The molecule has 1 aliphatic carbocycles. The minimum Gasteiger partial charge on any atom is -0.0680 e. The number of allylic oxidation sites excluding steroid dienone is 1. The zero-order valence-electron chi connectivity index (χ0n) is 17.0. The lowest BCUT2D eigenvalue weighted by Crippen LogP contribution is -2.26. The van der Waals surface area contributed by atoms with E-state index in [2.05, 4.69) is 84.9 Å². The minimum atomic E-state index is 0.268. The summed E-state index contributed by atoms with van der Waals surface area (Å²) in [5.74, 6) is 0.672. The highest BCUT2D eigenvalue weighted by Crippen LogP contribution is 2.45. The van der Waals surface area contributed by atoms with Crippen LogP contribution in [-0.2, 0) is 5.41 Å². The van der Waals surface area contributed by atoms with Crippen molar-refractivity contribution in [1.29, 1.82) is 0 Å². The Morgan fingerprint density at radius 3 is 2.24 bits per heavy atom. The number of aryl methyl sites for hydroxylation is 2. The largest absolute Gasteiger partial charge is 0.0680 e. The lowest BCUT2D eigenvalue weighted by Gasteiger charge is -2.37. The summed E-state index contributed by atoms with van der Waals surface area (Å²) in [6.45, 7) is 16.1. The van der Waals surface area contributed by atoms with Gasteiger partial charge in [0.25, 0.3) is 0 Å². The maximum Gasteiger partial charge on any atom is -0.0100 e. The van der Waals surface area contributed by atoms with Crippen molar-refractivity contribution in [2.45, 2.75) is 72.6 Å². The molecule has 0 heterocycles. The molecule has 0 bridgehead atoms. The van der Waals surface area contributed by atoms with Gasteiger partial charge in [-0.05, 0) is 85.3 Å². The number of hydrogen-bond acceptors (Lipinski definition) is 0. The summed E-state index contributed by atoms with van der Waals surface area (Å²) in [5, 5.41) is 0. The molecule has 132 valence electrons. The molecule has 2 aromatic carbocycles. The van der Waals surface area contributed by atoms with Gasteiger partial charge in [-0.25, -0.2) is 0 Å². The van der Waals surface area contributed by atoms with Crippen LogP contribution in [0.15, 0.2) is 42.0 Å². The van der Waals surface area contributed by atoms with Crippen LogP contribution in [0.25, 0.3) is 5.57 Å². The van der Waals surface area contributed by atoms with E-state index in [4.69, 9.17) is 0 Å². The van der Waals surface area contributed by atoms with Crippen LogP contribution in [0.2, 0.25) is 0 Å². The van der Waals surface area contributed by atoms with Crippen molar-refractivity contribution in [3.8, 4) is 0 Å². The van der Waals surface area contributed by atoms with E-state index >= 15 is 0 Å². The fraction of sp³-hybridized carbons (Fsp3) is 0.440. The molecule has 0 amide bonds. The first-order valence-electron chi connectivity index (χ1n) is 9.60. The molecule has 25 heavy (non-hydrogen) atoms. The molecule has 0 fully saturated rings. The van der Waals surface area contributed by atoms with Gasteiger partial charge in [0.2, 0.25) is 0 Å². The van der Waals surface area contributed by atoms with Gasteiger partial charge in [0, 0.05) is 0 Å². The normalized spacial score (nSPS) is 18.6. The van der Waals surface area contributed by atoms with Gasteiger partial charge >= 0.3 is 0 Å². The topological polar surface area (TPSA) is 0 Å². The third-order valence-corrected chi connectivity index (χ3v) is 5.97. The van der Waals surface area contributed by atoms with E-state index in [0.717, 1.165) is 0 Å². The number of benzene rings is 2. The standard InChI is InChI=1S/C25H32/c1-16(2)24(20-10-8-17(3)9-11-20)22-15-23-21(14-19(22)5)18(4)12-13-25(23,6)7/h8-11,14-15,18H,12-13H2,1-7H3. The molecule has 1 aliphatic rings. The summed E-state index contributed by atoms with van der Waals surface area (Å²) >= 11 is 0. The van der Waals surface area contributed by atoms with Gasteiger partial charge in [0.05, 0.1) is 0 Å². The Balaban J connectivity index is 2.22. The maximum absolute atomic E-state index is 2.50. The summed E-state index contributed by atoms with van der Waals surface area (Å²) in [6.07, 6.45) is 2.57. The Morgan fingerprint density at radius 2 is 1.64 bits per heavy atom. The van der Waals surface area contributed by atoms with E-state index in [1.165, 1.54) is 46.2 Å². The molecule has 0 heteroatoms. The molecule has 0 nitrogen and oxygen atoms in total. The molecule has 0 saturated heterocycles. The van der Waals surface area contributed by atoms with E-state index < -0.39 is 0 Å². The van der Waals surface area contributed by atoms with E-state index in [1.54, 1.807) is 11.1 Å². The highest BCUT2D eigenvalue weighted by atomic mass is 14.4. The van der Waals surface area contributed by atoms with Gasteiger partial charge in [-0.1, -0.05) is 68.3 Å². The zero-order valence-corrected chi connectivity index (χ0v) is 17.0. The summed E-state index contributed by atoms with van der Waals surface area (Å²) < 4.78 is 0. The van der Waals surface area contributed by atoms with Gasteiger partial charge < -0.3 is 0 Å². The molecule has 1 atom stereocenters. The summed E-state index contributed by atoms with van der Waals surface area (Å²) in [6, 6.07) is 13.9. The Labute approximate surface area is 154 Å². The third kappa shape index (κ3) is 3.32. The molecule has 2 aromatic rings. The highest BCUT2D eigenvalue weighted by molar-refractivity contribution is 5.84. The summed E-state index contributed by atoms with van der Waals surface area (Å²) in [4.78, 5) is 0. The van der Waals surface area contributed by atoms with Crippen LogP contribution in [0, 0.1) is 13.8 Å². The smallest absolute Gasteiger partial charge is 0.0100 e. The Morgan fingerprint density at radius 1 is 1.00 bits per heavy atom. The van der Waals surface area contributed by atoms with Crippen LogP contribution in [0.4, 0.5) is 0 Å². The van der Waals surface area contributed by atoms with Crippen LogP contribution in [-0.4, -0.2) is 0 Å². The Bertz CT molecular complexity index is 812. The SMILES string of the molecule is CC(C)=C(c1ccc(C)cc1)c1cc2c(cc1C)C(C)CCC2(C)C. The monoisotopic (exact) mass is 332 g/mol. The van der Waals surface area contributed by atoms with Crippen LogP contribution >= 0.6 is 0 Å². The van der Waals surface area contributed by atoms with Crippen LogP contribution in [0.3, 0.4) is 0 Å². The summed E-state index contributed by atoms with van der Waals surface area (Å²) in [7, 11) is 0. The maximum atomic E-state index is 2.50. The van der Waals surface area contributed by atoms with Crippen molar-refractivity contribution in [2.75, 3.05) is 0 Å². The number of rotatable bonds is 2. The molecule has 0 radical (unpaired) electrons. The fourth-order valence-electron chi connectivity index (χ4n) is 4.29. The first-order valence-corrected chi connectivity index (χ1v) is 9.60. The second kappa shape index (κ2) is 6.48. The Hall–Kier alpha value is -1.82. The quantitative estimate of drug-likeness (QED) is 0.540. The minimum absolute atomic E-state index is 0.268. The van der Waals surface area contributed by atoms with E-state index in [0.29, 0.717) is 5.92 Å². The van der Waals surface area contributed by atoms with Crippen molar-refractivity contribution in [3.63, 3.8) is 0 Å². The molecule has 0 spiro atoms. The molecular weight excluding hydrogens is 300 g/mol. The summed E-state index contributed by atoms with van der Waals surface area (Å²) in [5.41, 5.74) is 11.6. The van der Waals surface area contributed by atoms with Crippen LogP contribution < -0.4 is 0 Å². The van der Waals surface area contributed by atoms with Gasteiger partial charge in [0.1, 0.15) is 0 Å². The first kappa shape index (κ1) is 18.0. The van der Waals surface area contributed by atoms with Crippen LogP contribution in [0.5, 0.6) is 0 Å². The molecule has 0 N–H and O–H groups in total. The van der Waals surface area contributed by atoms with Crippen molar-refractivity contribution >= 4 is 5.57 Å². The average Bonchev–Trinajstić information content (AvgIpc) is 2.54. The number of hydrogen-bond donors (Lipinski definition) is 0.